The highest BCUT2D eigenvalue weighted by atomic mass is 127. The Kier molecular flexibility index (Phi) is 2.83. The van der Waals surface area contributed by atoms with Crippen LogP contribution in [0.2, 0.25) is 0 Å². The lowest BCUT2D eigenvalue weighted by Gasteiger charge is -2.13. The number of halogens is 1. The van der Waals surface area contributed by atoms with Crippen LogP contribution in [0.5, 0.6) is 0 Å². The quantitative estimate of drug-likeness (QED) is 0.588. The van der Waals surface area contributed by atoms with Crippen LogP contribution in [0.3, 0.4) is 0 Å². The fraction of sp³-hybridized carbons (Fsp3) is 0.143. The number of rotatable bonds is 1. The van der Waals surface area contributed by atoms with Crippen molar-refractivity contribution < 1.29 is 10.4 Å². The summed E-state index contributed by atoms with van der Waals surface area (Å²) in [6.45, 7) is 1.88. The van der Waals surface area contributed by atoms with Crippen molar-refractivity contribution in [3.05, 3.63) is 32.5 Å². The Balaban J connectivity index is 3.13. The molecule has 0 spiro atoms. The van der Waals surface area contributed by atoms with Gasteiger partial charge in [0, 0.05) is 6.07 Å². The smallest absolute Gasteiger partial charge is 0.177 e. The maximum atomic E-state index is 10.6. The van der Waals surface area contributed by atoms with E-state index in [4.69, 9.17) is 5.21 Å². The van der Waals surface area contributed by atoms with Gasteiger partial charge in [-0.3, -0.25) is 0 Å². The van der Waals surface area contributed by atoms with E-state index in [9.17, 15) is 5.21 Å². The van der Waals surface area contributed by atoms with Gasteiger partial charge in [0.2, 0.25) is 0 Å². The fourth-order valence-corrected chi connectivity index (χ4v) is 1.37. The summed E-state index contributed by atoms with van der Waals surface area (Å²) in [5.74, 6) is 0. The Bertz CT molecular complexity index is 263. The molecule has 1 atom stereocenters. The summed E-state index contributed by atoms with van der Waals surface area (Å²) in [6, 6.07) is 5.37. The van der Waals surface area contributed by atoms with E-state index in [-0.39, 0.29) is 0 Å². The van der Waals surface area contributed by atoms with E-state index in [2.05, 4.69) is 0 Å². The Morgan fingerprint density at radius 3 is 2.64 bits per heavy atom. The van der Waals surface area contributed by atoms with Gasteiger partial charge in [-0.15, -0.1) is 0 Å². The SMILES string of the molecule is Cc1ccc(I)c([NH+]([O-])O)c1. The molecule has 11 heavy (non-hydrogen) atoms. The molecule has 1 aromatic rings. The van der Waals surface area contributed by atoms with Gasteiger partial charge < -0.3 is 5.21 Å². The molecule has 0 heterocycles. The highest BCUT2D eigenvalue weighted by Crippen LogP contribution is 2.14. The van der Waals surface area contributed by atoms with Gasteiger partial charge in [-0.2, -0.15) is 5.23 Å². The molecule has 0 aromatic heterocycles. The first-order chi connectivity index (χ1) is 5.11. The number of hydrogen-bond acceptors (Lipinski definition) is 2. The maximum absolute atomic E-state index is 10.6. The van der Waals surface area contributed by atoms with Gasteiger partial charge in [0.1, 0.15) is 0 Å². The van der Waals surface area contributed by atoms with E-state index in [1.54, 1.807) is 12.1 Å². The molecule has 0 aliphatic carbocycles. The molecule has 0 radical (unpaired) electrons. The molecule has 0 bridgehead atoms. The number of hydrogen-bond donors (Lipinski definition) is 2. The Morgan fingerprint density at radius 2 is 2.18 bits per heavy atom. The number of nitrogens with one attached hydrogen (secondary N) is 1. The molecule has 0 fully saturated rings. The lowest BCUT2D eigenvalue weighted by atomic mass is 10.2. The van der Waals surface area contributed by atoms with Crippen molar-refractivity contribution in [2.24, 2.45) is 0 Å². The number of aryl methyl sites for hydroxylation is 1. The average Bonchev–Trinajstić information content (AvgIpc) is 1.94. The summed E-state index contributed by atoms with van der Waals surface area (Å²) in [5.41, 5.74) is 1.36. The lowest BCUT2D eigenvalue weighted by Crippen LogP contribution is -2.99. The Hall–Kier alpha value is -0.170. The minimum atomic E-state index is -0.863. The molecule has 4 heteroatoms. The monoisotopic (exact) mass is 265 g/mol. The van der Waals surface area contributed by atoms with Gasteiger partial charge in [0.05, 0.1) is 3.57 Å². The second-order valence-electron chi connectivity index (χ2n) is 2.29. The molecule has 60 valence electrons. The number of benzene rings is 1. The first-order valence-corrected chi connectivity index (χ1v) is 4.18. The van der Waals surface area contributed by atoms with E-state index < -0.39 is 5.23 Å². The van der Waals surface area contributed by atoms with Crippen LogP contribution in [0.1, 0.15) is 5.56 Å². The van der Waals surface area contributed by atoms with Crippen LogP contribution >= 0.6 is 22.6 Å². The molecule has 0 aliphatic heterocycles. The summed E-state index contributed by atoms with van der Waals surface area (Å²) >= 11 is 2.01. The van der Waals surface area contributed by atoms with Gasteiger partial charge in [-0.1, -0.05) is 6.07 Å². The Morgan fingerprint density at radius 1 is 1.55 bits per heavy atom. The summed E-state index contributed by atoms with van der Waals surface area (Å²) in [7, 11) is 0. The molecule has 1 rings (SSSR count). The zero-order chi connectivity index (χ0) is 8.43. The summed E-state index contributed by atoms with van der Waals surface area (Å²) < 4.78 is 0.778. The van der Waals surface area contributed by atoms with E-state index in [0.29, 0.717) is 5.69 Å². The summed E-state index contributed by atoms with van der Waals surface area (Å²) in [6.07, 6.45) is 0. The highest BCUT2D eigenvalue weighted by Gasteiger charge is 2.04. The van der Waals surface area contributed by atoms with E-state index in [0.717, 1.165) is 9.13 Å². The first kappa shape index (κ1) is 8.92. The molecule has 1 unspecified atom stereocenters. The maximum Gasteiger partial charge on any atom is 0.177 e. The van der Waals surface area contributed by atoms with Crippen LogP contribution < -0.4 is 5.23 Å². The van der Waals surface area contributed by atoms with Crippen molar-refractivity contribution in [1.29, 1.82) is 0 Å². The van der Waals surface area contributed by atoms with Crippen LogP contribution in [0.4, 0.5) is 5.69 Å². The van der Waals surface area contributed by atoms with Crippen molar-refractivity contribution in [3.63, 3.8) is 0 Å². The van der Waals surface area contributed by atoms with Crippen molar-refractivity contribution in [3.8, 4) is 0 Å². The second kappa shape index (κ2) is 3.48. The van der Waals surface area contributed by atoms with Crippen LogP contribution in [0, 0.1) is 15.7 Å². The predicted molar refractivity (Wildman–Crippen MR) is 49.7 cm³/mol. The standard InChI is InChI=1S/C7H8INO2/c1-5-2-3-6(8)7(4-5)9(10)11/h2-4,9-10H,1H3. The topological polar surface area (TPSA) is 47.7 Å². The molecule has 0 saturated heterocycles. The van der Waals surface area contributed by atoms with Crippen molar-refractivity contribution in [1.82, 2.24) is 0 Å². The van der Waals surface area contributed by atoms with Gasteiger partial charge >= 0.3 is 0 Å². The van der Waals surface area contributed by atoms with Gasteiger partial charge in [-0.05, 0) is 41.1 Å². The van der Waals surface area contributed by atoms with Crippen molar-refractivity contribution >= 4 is 28.3 Å². The third-order valence-electron chi connectivity index (χ3n) is 1.35. The minimum absolute atomic E-state index is 0.380. The normalized spacial score (nSPS) is 13.1. The lowest BCUT2D eigenvalue weighted by molar-refractivity contribution is -0.991. The zero-order valence-corrected chi connectivity index (χ0v) is 8.12. The van der Waals surface area contributed by atoms with Crippen LogP contribution in [0.25, 0.3) is 0 Å². The molecular weight excluding hydrogens is 257 g/mol. The highest BCUT2D eigenvalue weighted by molar-refractivity contribution is 14.1. The van der Waals surface area contributed by atoms with Gasteiger partial charge in [0.15, 0.2) is 5.69 Å². The molecule has 0 saturated carbocycles. The summed E-state index contributed by atoms with van der Waals surface area (Å²) in [4.78, 5) is 0. The fourth-order valence-electron chi connectivity index (χ4n) is 0.803. The van der Waals surface area contributed by atoms with E-state index >= 15 is 0 Å². The van der Waals surface area contributed by atoms with Crippen LogP contribution in [-0.2, 0) is 0 Å². The van der Waals surface area contributed by atoms with Gasteiger partial charge in [0.25, 0.3) is 0 Å². The zero-order valence-electron chi connectivity index (χ0n) is 5.97. The second-order valence-corrected chi connectivity index (χ2v) is 3.45. The molecule has 3 nitrogen and oxygen atoms in total. The summed E-state index contributed by atoms with van der Waals surface area (Å²) in [5, 5.41) is 18.4. The molecule has 0 aliphatic rings. The third kappa shape index (κ3) is 2.13. The van der Waals surface area contributed by atoms with Crippen molar-refractivity contribution in [2.75, 3.05) is 0 Å². The predicted octanol–water partition coefficient (Wildman–Crippen LogP) is 1.00. The third-order valence-corrected chi connectivity index (χ3v) is 2.29. The van der Waals surface area contributed by atoms with Crippen molar-refractivity contribution in [2.45, 2.75) is 6.92 Å². The van der Waals surface area contributed by atoms with Crippen LogP contribution in [-0.4, -0.2) is 5.21 Å². The van der Waals surface area contributed by atoms with E-state index in [1.807, 2.05) is 35.6 Å². The largest absolute Gasteiger partial charge is 0.595 e. The molecule has 1 aromatic carbocycles. The van der Waals surface area contributed by atoms with Gasteiger partial charge in [-0.25, -0.2) is 5.21 Å². The van der Waals surface area contributed by atoms with Crippen LogP contribution in [0.15, 0.2) is 18.2 Å². The molecule has 0 amide bonds. The molecule has 2 N–H and O–H groups in total. The first-order valence-electron chi connectivity index (χ1n) is 3.10. The Labute approximate surface area is 78.3 Å². The average molecular weight is 265 g/mol. The minimum Gasteiger partial charge on any atom is -0.595 e. The van der Waals surface area contributed by atoms with E-state index in [1.165, 1.54) is 0 Å². The number of quaternary nitrogens is 1. The molecular formula is C7H8INO2.